The van der Waals surface area contributed by atoms with Gasteiger partial charge in [-0.25, -0.2) is 0 Å². The molecule has 2 amide bonds. The van der Waals surface area contributed by atoms with Gasteiger partial charge >= 0.3 is 0 Å². The standard InChI is InChI=1S/C35H36N4O3/c1-24(40)12-4-2-7-20-31(39-34(41)29-18-10-15-25-16-11-22-36-32(25)29)35(42)37-23-21-28-27-17-8-9-19-30(27)38-33(28)26-13-5-3-6-14-26/h3,5-6,8-11,13-19,22,31,38H,2,4,7,12,20-21,23H2,1H3,(H,37,42)(H,39,41). The molecule has 0 aliphatic rings. The predicted octanol–water partition coefficient (Wildman–Crippen LogP) is 6.38. The van der Waals surface area contributed by atoms with Gasteiger partial charge in [0.1, 0.15) is 11.8 Å². The van der Waals surface area contributed by atoms with Crippen LogP contribution in [0.4, 0.5) is 0 Å². The number of amides is 2. The van der Waals surface area contributed by atoms with E-state index in [2.05, 4.69) is 44.9 Å². The van der Waals surface area contributed by atoms with Crippen molar-refractivity contribution in [2.24, 2.45) is 0 Å². The second-order valence-electron chi connectivity index (χ2n) is 10.6. The van der Waals surface area contributed by atoms with Gasteiger partial charge in [0.05, 0.1) is 11.1 Å². The van der Waals surface area contributed by atoms with Crippen molar-refractivity contribution in [3.05, 3.63) is 102 Å². The number of Topliss-reactive ketones (excluding diaryl/α,β-unsaturated/α-hetero) is 1. The number of unbranched alkanes of at least 4 members (excludes halogenated alkanes) is 2. The van der Waals surface area contributed by atoms with Crippen molar-refractivity contribution in [1.29, 1.82) is 0 Å². The van der Waals surface area contributed by atoms with Gasteiger partial charge in [0, 0.05) is 41.1 Å². The van der Waals surface area contributed by atoms with Gasteiger partial charge in [-0.15, -0.1) is 0 Å². The lowest BCUT2D eigenvalue weighted by Gasteiger charge is -2.19. The number of fused-ring (bicyclic) bond motifs is 2. The number of para-hydroxylation sites is 2. The number of rotatable bonds is 13. The minimum atomic E-state index is -0.703. The number of pyridine rings is 1. The minimum absolute atomic E-state index is 0.160. The molecular formula is C35H36N4O3. The molecule has 1 unspecified atom stereocenters. The molecule has 214 valence electrons. The molecule has 5 aromatic rings. The molecule has 3 aromatic carbocycles. The van der Waals surface area contributed by atoms with Gasteiger partial charge in [-0.2, -0.15) is 0 Å². The Balaban J connectivity index is 1.30. The van der Waals surface area contributed by atoms with E-state index in [0.717, 1.165) is 52.4 Å². The van der Waals surface area contributed by atoms with Gasteiger partial charge in [0.15, 0.2) is 0 Å². The van der Waals surface area contributed by atoms with Crippen molar-refractivity contribution < 1.29 is 14.4 Å². The summed E-state index contributed by atoms with van der Waals surface area (Å²) >= 11 is 0. The topological polar surface area (TPSA) is 104 Å². The molecular weight excluding hydrogens is 524 g/mol. The van der Waals surface area contributed by atoms with E-state index in [9.17, 15) is 14.4 Å². The molecule has 0 bridgehead atoms. The van der Waals surface area contributed by atoms with Crippen molar-refractivity contribution in [3.8, 4) is 11.3 Å². The Labute approximate surface area is 245 Å². The first-order chi connectivity index (χ1) is 20.5. The van der Waals surface area contributed by atoms with Crippen LogP contribution in [-0.2, 0) is 16.0 Å². The second-order valence-corrected chi connectivity index (χ2v) is 10.6. The van der Waals surface area contributed by atoms with E-state index in [4.69, 9.17) is 0 Å². The summed E-state index contributed by atoms with van der Waals surface area (Å²) in [5, 5.41) is 8.04. The number of carbonyl (C=O) groups is 3. The smallest absolute Gasteiger partial charge is 0.254 e. The van der Waals surface area contributed by atoms with Gasteiger partial charge < -0.3 is 20.4 Å². The summed E-state index contributed by atoms with van der Waals surface area (Å²) in [5.41, 5.74) is 5.37. The number of H-pyrrole nitrogens is 1. The molecule has 0 radical (unpaired) electrons. The Morgan fingerprint density at radius 1 is 0.857 bits per heavy atom. The first-order valence-corrected chi connectivity index (χ1v) is 14.6. The first-order valence-electron chi connectivity index (χ1n) is 14.6. The maximum Gasteiger partial charge on any atom is 0.254 e. The van der Waals surface area contributed by atoms with Crippen molar-refractivity contribution in [3.63, 3.8) is 0 Å². The van der Waals surface area contributed by atoms with Gasteiger partial charge in [-0.1, -0.05) is 79.6 Å². The van der Waals surface area contributed by atoms with Gasteiger partial charge in [-0.3, -0.25) is 14.6 Å². The molecule has 0 aliphatic carbocycles. The second kappa shape index (κ2) is 13.7. The van der Waals surface area contributed by atoms with Crippen LogP contribution in [0.1, 0.15) is 54.9 Å². The normalized spacial score (nSPS) is 11.8. The molecule has 0 fully saturated rings. The Kier molecular flexibility index (Phi) is 9.39. The molecule has 3 N–H and O–H groups in total. The van der Waals surface area contributed by atoms with Crippen LogP contribution in [0.3, 0.4) is 0 Å². The average Bonchev–Trinajstić information content (AvgIpc) is 3.38. The van der Waals surface area contributed by atoms with Crippen LogP contribution >= 0.6 is 0 Å². The highest BCUT2D eigenvalue weighted by molar-refractivity contribution is 6.06. The number of aromatic amines is 1. The number of nitrogens with one attached hydrogen (secondary N) is 3. The summed E-state index contributed by atoms with van der Waals surface area (Å²) in [5.74, 6) is -0.386. The lowest BCUT2D eigenvalue weighted by atomic mass is 10.0. The van der Waals surface area contributed by atoms with Crippen LogP contribution in [0.25, 0.3) is 33.1 Å². The molecule has 0 aliphatic heterocycles. The van der Waals surface area contributed by atoms with Crippen LogP contribution in [0.15, 0.2) is 91.1 Å². The zero-order chi connectivity index (χ0) is 29.3. The van der Waals surface area contributed by atoms with Crippen LogP contribution in [0, 0.1) is 0 Å². The van der Waals surface area contributed by atoms with Gasteiger partial charge in [0.2, 0.25) is 5.91 Å². The van der Waals surface area contributed by atoms with E-state index in [0.29, 0.717) is 36.9 Å². The molecule has 0 spiro atoms. The molecule has 0 saturated heterocycles. The summed E-state index contributed by atoms with van der Waals surface area (Å²) in [4.78, 5) is 46.2. The molecule has 5 rings (SSSR count). The van der Waals surface area contributed by atoms with Crippen molar-refractivity contribution in [2.75, 3.05) is 6.54 Å². The third kappa shape index (κ3) is 6.92. The zero-order valence-electron chi connectivity index (χ0n) is 23.9. The fourth-order valence-corrected chi connectivity index (χ4v) is 5.44. The molecule has 2 heterocycles. The lowest BCUT2D eigenvalue weighted by molar-refractivity contribution is -0.123. The SMILES string of the molecule is CC(=O)CCCCCC(NC(=O)c1cccc2cccnc12)C(=O)NCCc1c(-c2ccccc2)[nH]c2ccccc12. The third-order valence-electron chi connectivity index (χ3n) is 7.57. The quantitative estimate of drug-likeness (QED) is 0.145. The number of benzene rings is 3. The van der Waals surface area contributed by atoms with E-state index >= 15 is 0 Å². The van der Waals surface area contributed by atoms with Crippen molar-refractivity contribution in [2.45, 2.75) is 51.5 Å². The summed E-state index contributed by atoms with van der Waals surface area (Å²) in [6.45, 7) is 2.01. The molecule has 7 heteroatoms. The average molecular weight is 561 g/mol. The summed E-state index contributed by atoms with van der Waals surface area (Å²) in [6.07, 6.45) is 5.60. The molecule has 42 heavy (non-hydrogen) atoms. The fourth-order valence-electron chi connectivity index (χ4n) is 5.44. The van der Waals surface area contributed by atoms with E-state index < -0.39 is 6.04 Å². The van der Waals surface area contributed by atoms with E-state index in [1.165, 1.54) is 0 Å². The van der Waals surface area contributed by atoms with Crippen LogP contribution < -0.4 is 10.6 Å². The minimum Gasteiger partial charge on any atom is -0.354 e. The van der Waals surface area contributed by atoms with Gasteiger partial charge in [-0.05, 0) is 55.5 Å². The zero-order valence-corrected chi connectivity index (χ0v) is 23.9. The van der Waals surface area contributed by atoms with E-state index in [1.807, 2.05) is 54.6 Å². The monoisotopic (exact) mass is 560 g/mol. The molecule has 7 nitrogen and oxygen atoms in total. The van der Waals surface area contributed by atoms with Crippen LogP contribution in [0.5, 0.6) is 0 Å². The molecule has 2 aromatic heterocycles. The first kappa shape index (κ1) is 28.7. The number of hydrogen-bond donors (Lipinski definition) is 3. The number of hydrogen-bond acceptors (Lipinski definition) is 4. The Morgan fingerprint density at radius 2 is 1.64 bits per heavy atom. The van der Waals surface area contributed by atoms with E-state index in [-0.39, 0.29) is 17.6 Å². The summed E-state index contributed by atoms with van der Waals surface area (Å²) in [7, 11) is 0. The maximum absolute atomic E-state index is 13.5. The highest BCUT2D eigenvalue weighted by Gasteiger charge is 2.23. The largest absolute Gasteiger partial charge is 0.354 e. The maximum atomic E-state index is 13.5. The fraction of sp³-hybridized carbons (Fsp3) is 0.257. The third-order valence-corrected chi connectivity index (χ3v) is 7.57. The Morgan fingerprint density at radius 3 is 2.48 bits per heavy atom. The summed E-state index contributed by atoms with van der Waals surface area (Å²) in [6, 6.07) is 26.9. The van der Waals surface area contributed by atoms with Crippen LogP contribution in [-0.4, -0.2) is 40.2 Å². The number of ketones is 1. The van der Waals surface area contributed by atoms with Gasteiger partial charge in [0.25, 0.3) is 5.91 Å². The van der Waals surface area contributed by atoms with Crippen molar-refractivity contribution >= 4 is 39.4 Å². The Hall–Kier alpha value is -4.78. The highest BCUT2D eigenvalue weighted by Crippen LogP contribution is 2.30. The number of carbonyl (C=O) groups excluding carboxylic acids is 3. The number of aromatic nitrogens is 2. The Bertz CT molecular complexity index is 1690. The lowest BCUT2D eigenvalue weighted by Crippen LogP contribution is -2.47. The van der Waals surface area contributed by atoms with E-state index in [1.54, 1.807) is 19.2 Å². The predicted molar refractivity (Wildman–Crippen MR) is 167 cm³/mol. The molecule has 0 saturated carbocycles. The number of nitrogens with zero attached hydrogens (tertiary/aromatic N) is 1. The van der Waals surface area contributed by atoms with Crippen LogP contribution in [0.2, 0.25) is 0 Å². The molecule has 1 atom stereocenters. The highest BCUT2D eigenvalue weighted by atomic mass is 16.2. The van der Waals surface area contributed by atoms with Crippen molar-refractivity contribution in [1.82, 2.24) is 20.6 Å². The summed E-state index contributed by atoms with van der Waals surface area (Å²) < 4.78 is 0.